The van der Waals surface area contributed by atoms with Gasteiger partial charge in [0, 0.05) is 6.42 Å². The highest BCUT2D eigenvalue weighted by atomic mass is 16.5. The minimum Gasteiger partial charge on any atom is -0.490 e. The Bertz CT molecular complexity index is 363. The molecule has 2 rings (SSSR count). The van der Waals surface area contributed by atoms with Gasteiger partial charge in [0.2, 0.25) is 0 Å². The highest BCUT2D eigenvalue weighted by Gasteiger charge is 2.19. The van der Waals surface area contributed by atoms with E-state index >= 15 is 0 Å². The second-order valence-corrected chi connectivity index (χ2v) is 5.53. The van der Waals surface area contributed by atoms with Crippen molar-refractivity contribution in [2.45, 2.75) is 33.6 Å². The van der Waals surface area contributed by atoms with Gasteiger partial charge in [0.15, 0.2) is 11.5 Å². The number of rotatable bonds is 1. The third-order valence-electron chi connectivity index (χ3n) is 2.57. The van der Waals surface area contributed by atoms with Crippen molar-refractivity contribution in [2.24, 2.45) is 5.41 Å². The van der Waals surface area contributed by atoms with E-state index in [9.17, 15) is 0 Å². The monoisotopic (exact) mass is 220 g/mol. The summed E-state index contributed by atoms with van der Waals surface area (Å²) in [6.45, 7) is 8.23. The van der Waals surface area contributed by atoms with Crippen molar-refractivity contribution in [3.63, 3.8) is 0 Å². The van der Waals surface area contributed by atoms with Crippen molar-refractivity contribution in [3.8, 4) is 11.5 Å². The average Bonchev–Trinajstić information content (AvgIpc) is 2.41. The first kappa shape index (κ1) is 11.3. The van der Waals surface area contributed by atoms with Crippen LogP contribution >= 0.6 is 0 Å². The van der Waals surface area contributed by atoms with E-state index in [2.05, 4.69) is 32.9 Å². The molecular formula is C14H20O2. The molecule has 0 radical (unpaired) electrons. The zero-order valence-corrected chi connectivity index (χ0v) is 10.4. The number of para-hydroxylation sites is 1. The molecular weight excluding hydrogens is 200 g/mol. The number of benzene rings is 1. The van der Waals surface area contributed by atoms with Crippen LogP contribution in [0.2, 0.25) is 0 Å². The van der Waals surface area contributed by atoms with E-state index < -0.39 is 0 Å². The molecule has 1 aromatic rings. The highest BCUT2D eigenvalue weighted by Crippen LogP contribution is 2.36. The van der Waals surface area contributed by atoms with E-state index in [1.165, 1.54) is 5.56 Å². The minimum atomic E-state index is 0.269. The van der Waals surface area contributed by atoms with Crippen LogP contribution in [0.4, 0.5) is 0 Å². The zero-order chi connectivity index (χ0) is 11.6. The predicted octanol–water partition coefficient (Wildman–Crippen LogP) is 3.44. The van der Waals surface area contributed by atoms with E-state index in [4.69, 9.17) is 9.47 Å². The summed E-state index contributed by atoms with van der Waals surface area (Å²) in [7, 11) is 0. The van der Waals surface area contributed by atoms with Gasteiger partial charge in [-0.05, 0) is 23.5 Å². The van der Waals surface area contributed by atoms with E-state index in [0.717, 1.165) is 37.6 Å². The zero-order valence-electron chi connectivity index (χ0n) is 10.4. The van der Waals surface area contributed by atoms with E-state index in [1.54, 1.807) is 0 Å². The van der Waals surface area contributed by atoms with Crippen LogP contribution in [0.3, 0.4) is 0 Å². The summed E-state index contributed by atoms with van der Waals surface area (Å²) >= 11 is 0. The molecule has 1 aromatic carbocycles. The lowest BCUT2D eigenvalue weighted by Crippen LogP contribution is -2.10. The van der Waals surface area contributed by atoms with Crippen molar-refractivity contribution >= 4 is 0 Å². The van der Waals surface area contributed by atoms with Crippen molar-refractivity contribution in [1.82, 2.24) is 0 Å². The standard InChI is InChI=1S/C14H20O2/c1-14(2,3)10-11-6-4-7-12-13(11)16-9-5-8-15-12/h4,6-7H,5,8-10H2,1-3H3. The number of hydrogen-bond acceptors (Lipinski definition) is 2. The topological polar surface area (TPSA) is 18.5 Å². The van der Waals surface area contributed by atoms with Gasteiger partial charge in [-0.3, -0.25) is 0 Å². The molecule has 0 spiro atoms. The fourth-order valence-corrected chi connectivity index (χ4v) is 1.96. The van der Waals surface area contributed by atoms with Crippen LogP contribution in [0.15, 0.2) is 18.2 Å². The molecule has 1 aliphatic rings. The van der Waals surface area contributed by atoms with Gasteiger partial charge in [-0.2, -0.15) is 0 Å². The average molecular weight is 220 g/mol. The molecule has 1 aliphatic heterocycles. The number of ether oxygens (including phenoxy) is 2. The van der Waals surface area contributed by atoms with Gasteiger partial charge < -0.3 is 9.47 Å². The Kier molecular flexibility index (Phi) is 3.08. The van der Waals surface area contributed by atoms with Gasteiger partial charge in [-0.1, -0.05) is 32.9 Å². The van der Waals surface area contributed by atoms with Crippen LogP contribution < -0.4 is 9.47 Å². The number of hydrogen-bond donors (Lipinski definition) is 0. The summed E-state index contributed by atoms with van der Waals surface area (Å²) in [6.07, 6.45) is 1.98. The van der Waals surface area contributed by atoms with Gasteiger partial charge in [0.1, 0.15) is 0 Å². The van der Waals surface area contributed by atoms with Crippen molar-refractivity contribution in [1.29, 1.82) is 0 Å². The fraction of sp³-hybridized carbons (Fsp3) is 0.571. The van der Waals surface area contributed by atoms with Crippen LogP contribution in [0.25, 0.3) is 0 Å². The Hall–Kier alpha value is -1.18. The molecule has 0 aliphatic carbocycles. The van der Waals surface area contributed by atoms with Crippen LogP contribution in [-0.4, -0.2) is 13.2 Å². The second-order valence-electron chi connectivity index (χ2n) is 5.53. The second kappa shape index (κ2) is 4.36. The van der Waals surface area contributed by atoms with Gasteiger partial charge >= 0.3 is 0 Å². The fourth-order valence-electron chi connectivity index (χ4n) is 1.96. The highest BCUT2D eigenvalue weighted by molar-refractivity contribution is 5.47. The molecule has 88 valence electrons. The van der Waals surface area contributed by atoms with Crippen LogP contribution in [-0.2, 0) is 6.42 Å². The maximum absolute atomic E-state index is 5.80. The third kappa shape index (κ3) is 2.69. The number of fused-ring (bicyclic) bond motifs is 1. The van der Waals surface area contributed by atoms with E-state index in [0.29, 0.717) is 0 Å². The molecule has 0 saturated heterocycles. The lowest BCUT2D eigenvalue weighted by Gasteiger charge is -2.20. The summed E-state index contributed by atoms with van der Waals surface area (Å²) in [6, 6.07) is 6.18. The first-order chi connectivity index (χ1) is 7.56. The Morgan fingerprint density at radius 3 is 2.62 bits per heavy atom. The van der Waals surface area contributed by atoms with Gasteiger partial charge in [0.25, 0.3) is 0 Å². The van der Waals surface area contributed by atoms with Crippen molar-refractivity contribution in [2.75, 3.05) is 13.2 Å². The SMILES string of the molecule is CC(C)(C)Cc1cccc2c1OCCCO2. The smallest absolute Gasteiger partial charge is 0.164 e. The van der Waals surface area contributed by atoms with Crippen molar-refractivity contribution < 1.29 is 9.47 Å². The van der Waals surface area contributed by atoms with Gasteiger partial charge in [-0.25, -0.2) is 0 Å². The molecule has 0 aromatic heterocycles. The van der Waals surface area contributed by atoms with Crippen LogP contribution in [0, 0.1) is 5.41 Å². The summed E-state index contributed by atoms with van der Waals surface area (Å²) in [5.41, 5.74) is 1.53. The molecule has 0 N–H and O–H groups in total. The maximum Gasteiger partial charge on any atom is 0.164 e. The molecule has 0 atom stereocenters. The Balaban J connectivity index is 2.31. The van der Waals surface area contributed by atoms with Crippen molar-refractivity contribution in [3.05, 3.63) is 23.8 Å². The lowest BCUT2D eigenvalue weighted by molar-refractivity contribution is 0.294. The minimum absolute atomic E-state index is 0.269. The first-order valence-electron chi connectivity index (χ1n) is 5.94. The molecule has 0 unspecified atom stereocenters. The van der Waals surface area contributed by atoms with E-state index in [1.807, 2.05) is 6.07 Å². The molecule has 1 heterocycles. The molecule has 2 heteroatoms. The molecule has 16 heavy (non-hydrogen) atoms. The molecule has 2 nitrogen and oxygen atoms in total. The largest absolute Gasteiger partial charge is 0.490 e. The van der Waals surface area contributed by atoms with Gasteiger partial charge in [0.05, 0.1) is 13.2 Å². The predicted molar refractivity (Wildman–Crippen MR) is 65.2 cm³/mol. The first-order valence-corrected chi connectivity index (χ1v) is 5.94. The molecule has 0 amide bonds. The molecule has 0 saturated carbocycles. The molecule has 0 fully saturated rings. The Morgan fingerprint density at radius 2 is 1.88 bits per heavy atom. The normalized spacial score (nSPS) is 15.7. The molecule has 0 bridgehead atoms. The summed E-state index contributed by atoms with van der Waals surface area (Å²) in [5.74, 6) is 1.86. The summed E-state index contributed by atoms with van der Waals surface area (Å²) in [5, 5.41) is 0. The summed E-state index contributed by atoms with van der Waals surface area (Å²) < 4.78 is 11.5. The van der Waals surface area contributed by atoms with E-state index in [-0.39, 0.29) is 5.41 Å². The Labute approximate surface area is 97.6 Å². The van der Waals surface area contributed by atoms with Crippen LogP contribution in [0.1, 0.15) is 32.8 Å². The van der Waals surface area contributed by atoms with Gasteiger partial charge in [-0.15, -0.1) is 0 Å². The quantitative estimate of drug-likeness (QED) is 0.721. The lowest BCUT2D eigenvalue weighted by atomic mass is 9.87. The van der Waals surface area contributed by atoms with Crippen LogP contribution in [0.5, 0.6) is 11.5 Å². The Morgan fingerprint density at radius 1 is 1.12 bits per heavy atom. The summed E-state index contributed by atoms with van der Waals surface area (Å²) in [4.78, 5) is 0. The third-order valence-corrected chi connectivity index (χ3v) is 2.57. The maximum atomic E-state index is 5.80.